The topological polar surface area (TPSA) is 99.1 Å². The quantitative estimate of drug-likeness (QED) is 0.768. The molecule has 13 heavy (non-hydrogen) atoms. The first-order valence-electron chi connectivity index (χ1n) is 3.27. The second-order valence-corrected chi connectivity index (χ2v) is 3.07. The molecule has 1 aromatic rings. The first kappa shape index (κ1) is 9.66. The maximum atomic E-state index is 10.8. The first-order valence-corrected chi connectivity index (χ1v) is 4.06. The van der Waals surface area contributed by atoms with Crippen LogP contribution in [-0.2, 0) is 0 Å². The highest BCUT2D eigenvalue weighted by Gasteiger charge is 2.13. The number of rotatable bonds is 2. The van der Waals surface area contributed by atoms with Crippen LogP contribution in [0.2, 0.25) is 0 Å². The summed E-state index contributed by atoms with van der Waals surface area (Å²) in [5.74, 6) is -1.33. The van der Waals surface area contributed by atoms with Crippen molar-refractivity contribution < 1.29 is 9.59 Å². The van der Waals surface area contributed by atoms with Gasteiger partial charge in [0.15, 0.2) is 0 Å². The van der Waals surface area contributed by atoms with E-state index in [0.717, 1.165) is 0 Å². The normalized spacial score (nSPS) is 9.62. The zero-order valence-corrected chi connectivity index (χ0v) is 8.04. The van der Waals surface area contributed by atoms with Gasteiger partial charge in [-0.1, -0.05) is 0 Å². The van der Waals surface area contributed by atoms with Gasteiger partial charge in [-0.15, -0.1) is 0 Å². The zero-order chi connectivity index (χ0) is 10.0. The predicted molar refractivity (Wildman–Crippen MR) is 49.0 cm³/mol. The molecule has 1 rings (SSSR count). The molecule has 0 aliphatic carbocycles. The highest BCUT2D eigenvalue weighted by atomic mass is 79.9. The summed E-state index contributed by atoms with van der Waals surface area (Å²) in [4.78, 5) is 25.2. The van der Waals surface area contributed by atoms with Crippen LogP contribution in [0.25, 0.3) is 0 Å². The molecule has 0 fully saturated rings. The molecule has 0 aliphatic rings. The Morgan fingerprint density at radius 3 is 1.85 bits per heavy atom. The molecule has 1 heterocycles. The van der Waals surface area contributed by atoms with Crippen LogP contribution in [0.5, 0.6) is 0 Å². The summed E-state index contributed by atoms with van der Waals surface area (Å²) in [6.07, 6.45) is 2.53. The van der Waals surface area contributed by atoms with Crippen molar-refractivity contribution in [2.24, 2.45) is 11.5 Å². The maximum Gasteiger partial charge on any atom is 0.251 e. The number of nitrogens with two attached hydrogens (primary N) is 2. The Labute approximate surface area is 82.3 Å². The minimum Gasteiger partial charge on any atom is -0.366 e. The van der Waals surface area contributed by atoms with E-state index in [9.17, 15) is 9.59 Å². The van der Waals surface area contributed by atoms with Crippen LogP contribution in [0.4, 0.5) is 0 Å². The highest BCUT2D eigenvalue weighted by Crippen LogP contribution is 2.19. The van der Waals surface area contributed by atoms with Crippen LogP contribution >= 0.6 is 15.9 Å². The lowest BCUT2D eigenvalue weighted by Crippen LogP contribution is -2.17. The van der Waals surface area contributed by atoms with Gasteiger partial charge < -0.3 is 11.5 Å². The summed E-state index contributed by atoms with van der Waals surface area (Å²) in [5.41, 5.74) is 10.3. The van der Waals surface area contributed by atoms with E-state index in [1.807, 2.05) is 0 Å². The molecule has 4 N–H and O–H groups in total. The van der Waals surface area contributed by atoms with Gasteiger partial charge in [-0.25, -0.2) is 0 Å². The second kappa shape index (κ2) is 3.53. The fourth-order valence-corrected chi connectivity index (χ4v) is 1.38. The molecule has 0 aromatic carbocycles. The number of hydrogen-bond acceptors (Lipinski definition) is 3. The van der Waals surface area contributed by atoms with Crippen molar-refractivity contribution in [2.75, 3.05) is 0 Å². The van der Waals surface area contributed by atoms with Crippen molar-refractivity contribution >= 4 is 27.7 Å². The number of carbonyl (C=O) groups excluding carboxylic acids is 2. The van der Waals surface area contributed by atoms with E-state index in [-0.39, 0.29) is 15.6 Å². The van der Waals surface area contributed by atoms with E-state index in [0.29, 0.717) is 0 Å². The van der Waals surface area contributed by atoms with E-state index in [1.165, 1.54) is 12.4 Å². The molecule has 0 bridgehead atoms. The van der Waals surface area contributed by atoms with Crippen molar-refractivity contribution in [1.82, 2.24) is 4.98 Å². The largest absolute Gasteiger partial charge is 0.366 e. The van der Waals surface area contributed by atoms with Crippen LogP contribution in [0.15, 0.2) is 16.9 Å². The summed E-state index contributed by atoms with van der Waals surface area (Å²) >= 11 is 3.04. The lowest BCUT2D eigenvalue weighted by Gasteiger charge is -2.02. The van der Waals surface area contributed by atoms with Gasteiger partial charge in [0.2, 0.25) is 0 Å². The summed E-state index contributed by atoms with van der Waals surface area (Å²) in [5, 5.41) is 0. The monoisotopic (exact) mass is 243 g/mol. The third-order valence-electron chi connectivity index (χ3n) is 1.41. The van der Waals surface area contributed by atoms with Crippen LogP contribution < -0.4 is 11.5 Å². The molecular weight excluding hydrogens is 238 g/mol. The Bertz CT molecular complexity index is 346. The highest BCUT2D eigenvalue weighted by molar-refractivity contribution is 9.10. The molecule has 0 unspecified atom stereocenters. The molecule has 6 heteroatoms. The number of halogens is 1. The number of nitrogens with zero attached hydrogens (tertiary/aromatic N) is 1. The van der Waals surface area contributed by atoms with Crippen LogP contribution in [0, 0.1) is 0 Å². The molecule has 0 radical (unpaired) electrons. The number of carbonyl (C=O) groups is 2. The van der Waals surface area contributed by atoms with Gasteiger partial charge in [0.1, 0.15) is 0 Å². The van der Waals surface area contributed by atoms with Crippen molar-refractivity contribution in [3.05, 3.63) is 28.0 Å². The van der Waals surface area contributed by atoms with E-state index in [2.05, 4.69) is 20.9 Å². The number of primary amides is 2. The van der Waals surface area contributed by atoms with Crippen molar-refractivity contribution in [3.8, 4) is 0 Å². The zero-order valence-electron chi connectivity index (χ0n) is 6.45. The smallest absolute Gasteiger partial charge is 0.251 e. The molecule has 0 spiro atoms. The Morgan fingerprint density at radius 2 is 1.54 bits per heavy atom. The Morgan fingerprint density at radius 1 is 1.15 bits per heavy atom. The fraction of sp³-hybridized carbons (Fsp3) is 0. The van der Waals surface area contributed by atoms with Crippen molar-refractivity contribution in [1.29, 1.82) is 0 Å². The van der Waals surface area contributed by atoms with E-state index in [4.69, 9.17) is 11.5 Å². The third kappa shape index (κ3) is 1.83. The minimum atomic E-state index is -0.664. The molecule has 5 nitrogen and oxygen atoms in total. The minimum absolute atomic E-state index is 0.135. The summed E-state index contributed by atoms with van der Waals surface area (Å²) in [6, 6.07) is 0. The number of aromatic nitrogens is 1. The van der Waals surface area contributed by atoms with Crippen molar-refractivity contribution in [3.63, 3.8) is 0 Å². The van der Waals surface area contributed by atoms with Gasteiger partial charge >= 0.3 is 0 Å². The SMILES string of the molecule is NC(=O)c1cncc(C(N)=O)c1Br. The maximum absolute atomic E-state index is 10.8. The lowest BCUT2D eigenvalue weighted by atomic mass is 10.2. The molecule has 2 amide bonds. The third-order valence-corrected chi connectivity index (χ3v) is 2.27. The van der Waals surface area contributed by atoms with Gasteiger partial charge in [0.25, 0.3) is 11.8 Å². The summed E-state index contributed by atoms with van der Waals surface area (Å²) < 4.78 is 0.280. The van der Waals surface area contributed by atoms with Crippen LogP contribution in [0.1, 0.15) is 20.7 Å². The van der Waals surface area contributed by atoms with Crippen molar-refractivity contribution in [2.45, 2.75) is 0 Å². The van der Waals surface area contributed by atoms with E-state index in [1.54, 1.807) is 0 Å². The predicted octanol–water partition coefficient (Wildman–Crippen LogP) is 0.0419. The Balaban J connectivity index is 3.35. The number of amides is 2. The number of pyridine rings is 1. The van der Waals surface area contributed by atoms with Gasteiger partial charge in [-0.05, 0) is 15.9 Å². The van der Waals surface area contributed by atoms with Gasteiger partial charge in [0.05, 0.1) is 11.1 Å². The van der Waals surface area contributed by atoms with Gasteiger partial charge in [-0.3, -0.25) is 14.6 Å². The standard InChI is InChI=1S/C7H6BrN3O2/c8-5-3(6(9)12)1-11-2-4(5)7(10)13/h1-2H,(H2,9,12)(H2,10,13). The Hall–Kier alpha value is -1.43. The average molecular weight is 244 g/mol. The molecule has 0 atom stereocenters. The lowest BCUT2D eigenvalue weighted by molar-refractivity contribution is 0.0999. The average Bonchev–Trinajstić information content (AvgIpc) is 2.03. The molecule has 0 saturated heterocycles. The van der Waals surface area contributed by atoms with E-state index >= 15 is 0 Å². The van der Waals surface area contributed by atoms with E-state index < -0.39 is 11.8 Å². The molecule has 0 aliphatic heterocycles. The fourth-order valence-electron chi connectivity index (χ4n) is 0.788. The molecule has 0 saturated carbocycles. The van der Waals surface area contributed by atoms with Gasteiger partial charge in [0, 0.05) is 16.9 Å². The van der Waals surface area contributed by atoms with Gasteiger partial charge in [-0.2, -0.15) is 0 Å². The first-order chi connectivity index (χ1) is 6.04. The molecule has 1 aromatic heterocycles. The Kier molecular flexibility index (Phi) is 2.62. The second-order valence-electron chi connectivity index (χ2n) is 2.28. The van der Waals surface area contributed by atoms with Crippen LogP contribution in [-0.4, -0.2) is 16.8 Å². The molecular formula is C7H6BrN3O2. The van der Waals surface area contributed by atoms with Crippen LogP contribution in [0.3, 0.4) is 0 Å². The summed E-state index contributed by atoms with van der Waals surface area (Å²) in [7, 11) is 0. The summed E-state index contributed by atoms with van der Waals surface area (Å²) in [6.45, 7) is 0. The number of hydrogen-bond donors (Lipinski definition) is 2. The molecule has 68 valence electrons.